The van der Waals surface area contributed by atoms with Gasteiger partial charge < -0.3 is 10.1 Å². The van der Waals surface area contributed by atoms with Crippen molar-refractivity contribution in [2.45, 2.75) is 32.2 Å². The van der Waals surface area contributed by atoms with E-state index in [-0.39, 0.29) is 0 Å². The van der Waals surface area contributed by atoms with Crippen LogP contribution in [-0.4, -0.2) is 50.3 Å². The van der Waals surface area contributed by atoms with Crippen molar-refractivity contribution in [3.63, 3.8) is 0 Å². The van der Waals surface area contributed by atoms with Crippen LogP contribution in [-0.2, 0) is 4.74 Å². The number of hydrogen-bond donors (Lipinski definition) is 1. The quantitative estimate of drug-likeness (QED) is 0.755. The van der Waals surface area contributed by atoms with Gasteiger partial charge in [-0.05, 0) is 44.8 Å². The van der Waals surface area contributed by atoms with Crippen LogP contribution in [0.25, 0.3) is 0 Å². The van der Waals surface area contributed by atoms with Crippen LogP contribution >= 0.6 is 0 Å². The standard InChI is InChI=1S/C12H24N2O/c1-2-14(12-5-7-15-10-12)9-11-4-3-6-13-8-11/h11-13H,2-10H2,1H3. The molecule has 0 spiro atoms. The Kier molecular flexibility index (Phi) is 4.42. The molecule has 2 unspecified atom stereocenters. The Balaban J connectivity index is 1.78. The largest absolute Gasteiger partial charge is 0.380 e. The molecule has 2 fully saturated rings. The van der Waals surface area contributed by atoms with E-state index in [1.807, 2.05) is 0 Å². The van der Waals surface area contributed by atoms with Gasteiger partial charge in [-0.25, -0.2) is 0 Å². The molecule has 3 heteroatoms. The zero-order chi connectivity index (χ0) is 10.5. The Morgan fingerprint density at radius 2 is 2.33 bits per heavy atom. The van der Waals surface area contributed by atoms with E-state index in [2.05, 4.69) is 17.1 Å². The highest BCUT2D eigenvalue weighted by Crippen LogP contribution is 2.17. The highest BCUT2D eigenvalue weighted by atomic mass is 16.5. The van der Waals surface area contributed by atoms with E-state index in [1.165, 1.54) is 45.4 Å². The lowest BCUT2D eigenvalue weighted by Crippen LogP contribution is -2.43. The number of piperidine rings is 1. The van der Waals surface area contributed by atoms with Gasteiger partial charge in [0, 0.05) is 19.2 Å². The predicted molar refractivity (Wildman–Crippen MR) is 62.1 cm³/mol. The Morgan fingerprint density at radius 3 is 2.93 bits per heavy atom. The summed E-state index contributed by atoms with van der Waals surface area (Å²) in [6, 6.07) is 0.692. The third kappa shape index (κ3) is 3.16. The topological polar surface area (TPSA) is 24.5 Å². The number of nitrogens with zero attached hydrogens (tertiary/aromatic N) is 1. The summed E-state index contributed by atoms with van der Waals surface area (Å²) < 4.78 is 5.47. The lowest BCUT2D eigenvalue weighted by molar-refractivity contribution is 0.128. The molecule has 15 heavy (non-hydrogen) atoms. The summed E-state index contributed by atoms with van der Waals surface area (Å²) in [5.74, 6) is 0.860. The molecule has 2 aliphatic heterocycles. The van der Waals surface area contributed by atoms with Gasteiger partial charge in [0.15, 0.2) is 0 Å². The first kappa shape index (κ1) is 11.4. The smallest absolute Gasteiger partial charge is 0.0622 e. The van der Waals surface area contributed by atoms with Gasteiger partial charge in [0.05, 0.1) is 6.61 Å². The average Bonchev–Trinajstić information content (AvgIpc) is 2.81. The third-order valence-corrected chi connectivity index (χ3v) is 3.72. The van der Waals surface area contributed by atoms with Crippen LogP contribution in [0.1, 0.15) is 26.2 Å². The van der Waals surface area contributed by atoms with E-state index in [9.17, 15) is 0 Å². The van der Waals surface area contributed by atoms with Gasteiger partial charge in [-0.2, -0.15) is 0 Å². The fraction of sp³-hybridized carbons (Fsp3) is 1.00. The maximum absolute atomic E-state index is 5.47. The SMILES string of the molecule is CCN(CC1CCCNC1)C1CCOC1. The molecule has 2 rings (SSSR count). The molecule has 0 aromatic heterocycles. The molecule has 3 nitrogen and oxygen atoms in total. The van der Waals surface area contributed by atoms with Gasteiger partial charge in [-0.3, -0.25) is 4.90 Å². The number of rotatable bonds is 4. The summed E-state index contributed by atoms with van der Waals surface area (Å²) in [6.07, 6.45) is 3.98. The molecule has 0 radical (unpaired) electrons. The molecule has 2 heterocycles. The van der Waals surface area contributed by atoms with Crippen LogP contribution in [0, 0.1) is 5.92 Å². The molecule has 0 aromatic rings. The van der Waals surface area contributed by atoms with Gasteiger partial charge in [0.2, 0.25) is 0 Å². The van der Waals surface area contributed by atoms with Crippen molar-refractivity contribution in [2.75, 3.05) is 39.4 Å². The minimum absolute atomic E-state index is 0.692. The molecular formula is C12H24N2O. The second kappa shape index (κ2) is 5.83. The van der Waals surface area contributed by atoms with E-state index in [0.29, 0.717) is 6.04 Å². The minimum Gasteiger partial charge on any atom is -0.380 e. The lowest BCUT2D eigenvalue weighted by atomic mass is 9.98. The maximum atomic E-state index is 5.47. The summed E-state index contributed by atoms with van der Waals surface area (Å²) in [7, 11) is 0. The first-order valence-electron chi connectivity index (χ1n) is 6.42. The van der Waals surface area contributed by atoms with Crippen LogP contribution in [0.5, 0.6) is 0 Å². The molecule has 0 aliphatic carbocycles. The summed E-state index contributed by atoms with van der Waals surface area (Å²) in [5.41, 5.74) is 0. The van der Waals surface area contributed by atoms with Crippen LogP contribution < -0.4 is 5.32 Å². The molecule has 0 amide bonds. The number of hydrogen-bond acceptors (Lipinski definition) is 3. The average molecular weight is 212 g/mol. The zero-order valence-corrected chi connectivity index (χ0v) is 9.87. The van der Waals surface area contributed by atoms with E-state index in [4.69, 9.17) is 4.74 Å². The first-order chi connectivity index (χ1) is 7.40. The Hall–Kier alpha value is -0.120. The predicted octanol–water partition coefficient (Wildman–Crippen LogP) is 1.10. The molecular weight excluding hydrogens is 188 g/mol. The van der Waals surface area contributed by atoms with Crippen molar-refractivity contribution in [3.05, 3.63) is 0 Å². The van der Waals surface area contributed by atoms with Crippen molar-refractivity contribution in [3.8, 4) is 0 Å². The maximum Gasteiger partial charge on any atom is 0.0622 e. The number of nitrogens with one attached hydrogen (secondary N) is 1. The van der Waals surface area contributed by atoms with Crippen LogP contribution in [0.4, 0.5) is 0 Å². The van der Waals surface area contributed by atoms with Gasteiger partial charge >= 0.3 is 0 Å². The van der Waals surface area contributed by atoms with Crippen molar-refractivity contribution in [1.82, 2.24) is 10.2 Å². The second-order valence-electron chi connectivity index (χ2n) is 4.82. The van der Waals surface area contributed by atoms with Crippen molar-refractivity contribution < 1.29 is 4.74 Å². The van der Waals surface area contributed by atoms with E-state index in [1.54, 1.807) is 0 Å². The summed E-state index contributed by atoms with van der Waals surface area (Å²) in [5, 5.41) is 3.50. The summed E-state index contributed by atoms with van der Waals surface area (Å²) in [6.45, 7) is 9.05. The molecule has 88 valence electrons. The highest BCUT2D eigenvalue weighted by molar-refractivity contribution is 4.79. The fourth-order valence-electron chi connectivity index (χ4n) is 2.76. The van der Waals surface area contributed by atoms with Gasteiger partial charge in [-0.1, -0.05) is 6.92 Å². The van der Waals surface area contributed by atoms with Crippen molar-refractivity contribution >= 4 is 0 Å². The van der Waals surface area contributed by atoms with Crippen molar-refractivity contribution in [2.24, 2.45) is 5.92 Å². The fourth-order valence-corrected chi connectivity index (χ4v) is 2.76. The monoisotopic (exact) mass is 212 g/mol. The van der Waals surface area contributed by atoms with Gasteiger partial charge in [0.25, 0.3) is 0 Å². The van der Waals surface area contributed by atoms with Crippen LogP contribution in [0.15, 0.2) is 0 Å². The zero-order valence-electron chi connectivity index (χ0n) is 9.87. The van der Waals surface area contributed by atoms with E-state index < -0.39 is 0 Å². The van der Waals surface area contributed by atoms with Crippen molar-refractivity contribution in [1.29, 1.82) is 0 Å². The third-order valence-electron chi connectivity index (χ3n) is 3.72. The Labute approximate surface area is 93.2 Å². The summed E-state index contributed by atoms with van der Waals surface area (Å²) in [4.78, 5) is 2.62. The van der Waals surface area contributed by atoms with Crippen LogP contribution in [0.2, 0.25) is 0 Å². The van der Waals surface area contributed by atoms with E-state index >= 15 is 0 Å². The lowest BCUT2D eigenvalue weighted by Gasteiger charge is -2.32. The first-order valence-corrected chi connectivity index (χ1v) is 6.42. The minimum atomic E-state index is 0.692. The Morgan fingerprint density at radius 1 is 1.40 bits per heavy atom. The summed E-state index contributed by atoms with van der Waals surface area (Å²) >= 11 is 0. The number of likely N-dealkylation sites (N-methyl/N-ethyl adjacent to an activating group) is 1. The molecule has 2 saturated heterocycles. The normalized spacial score (nSPS) is 32.4. The van der Waals surface area contributed by atoms with Gasteiger partial charge in [-0.15, -0.1) is 0 Å². The number of ether oxygens (including phenoxy) is 1. The highest BCUT2D eigenvalue weighted by Gasteiger charge is 2.24. The molecule has 1 N–H and O–H groups in total. The second-order valence-corrected chi connectivity index (χ2v) is 4.82. The van der Waals surface area contributed by atoms with Gasteiger partial charge in [0.1, 0.15) is 0 Å². The molecule has 0 saturated carbocycles. The molecule has 2 atom stereocenters. The molecule has 2 aliphatic rings. The van der Waals surface area contributed by atoms with E-state index in [0.717, 1.165) is 19.1 Å². The molecule has 0 bridgehead atoms. The van der Waals surface area contributed by atoms with Crippen LogP contribution in [0.3, 0.4) is 0 Å². The Bertz CT molecular complexity index is 174. The molecule has 0 aromatic carbocycles.